The first-order valence-corrected chi connectivity index (χ1v) is 6.04. The molecule has 2 rings (SSSR count). The Balaban J connectivity index is 2.21. The first-order valence-electron chi connectivity index (χ1n) is 4.87. The summed E-state index contributed by atoms with van der Waals surface area (Å²) in [5, 5.41) is 0.471. The minimum Gasteiger partial charge on any atom is -0.464 e. The summed E-state index contributed by atoms with van der Waals surface area (Å²) in [6, 6.07) is 0. The van der Waals surface area contributed by atoms with Crippen LogP contribution in [0.4, 0.5) is 0 Å². The molecule has 8 heteroatoms. The summed E-state index contributed by atoms with van der Waals surface area (Å²) in [5.74, 6) is 0.0698. The monoisotopic (exact) mass is 330 g/mol. The molecule has 0 saturated heterocycles. The summed E-state index contributed by atoms with van der Waals surface area (Å²) in [7, 11) is 1.30. The molecule has 0 aliphatic carbocycles. The van der Waals surface area contributed by atoms with Crippen LogP contribution in [0.2, 0.25) is 5.02 Å². The van der Waals surface area contributed by atoms with Gasteiger partial charge in [0.25, 0.3) is 0 Å². The van der Waals surface area contributed by atoms with E-state index in [1.807, 2.05) is 0 Å². The van der Waals surface area contributed by atoms with Crippen LogP contribution < -0.4 is 0 Å². The number of halogens is 2. The Morgan fingerprint density at radius 2 is 2.17 bits per heavy atom. The van der Waals surface area contributed by atoms with Crippen molar-refractivity contribution in [3.05, 3.63) is 39.9 Å². The molecule has 6 nitrogen and oxygen atoms in total. The number of hydrogen-bond donors (Lipinski definition) is 0. The van der Waals surface area contributed by atoms with Crippen molar-refractivity contribution >= 4 is 33.5 Å². The summed E-state index contributed by atoms with van der Waals surface area (Å²) >= 11 is 8.94. The van der Waals surface area contributed by atoms with Crippen molar-refractivity contribution in [2.75, 3.05) is 7.11 Å². The molecule has 0 unspecified atom stereocenters. The fourth-order valence-electron chi connectivity index (χ4n) is 1.28. The quantitative estimate of drug-likeness (QED) is 0.804. The molecular weight excluding hydrogens is 323 g/mol. The Labute approximate surface area is 116 Å². The van der Waals surface area contributed by atoms with Crippen molar-refractivity contribution in [1.82, 2.24) is 19.5 Å². The Hall–Kier alpha value is -1.47. The summed E-state index contributed by atoms with van der Waals surface area (Å²) in [4.78, 5) is 23.4. The van der Waals surface area contributed by atoms with Crippen molar-refractivity contribution in [3.8, 4) is 0 Å². The van der Waals surface area contributed by atoms with Gasteiger partial charge in [-0.1, -0.05) is 11.6 Å². The maximum atomic E-state index is 11.3. The van der Waals surface area contributed by atoms with E-state index in [1.165, 1.54) is 19.5 Å². The van der Waals surface area contributed by atoms with Gasteiger partial charge in [-0.2, -0.15) is 0 Å². The van der Waals surface area contributed by atoms with Crippen LogP contribution in [-0.4, -0.2) is 32.6 Å². The lowest BCUT2D eigenvalue weighted by Gasteiger charge is -2.01. The summed E-state index contributed by atoms with van der Waals surface area (Å²) in [5.41, 5.74) is 0.221. The van der Waals surface area contributed by atoms with Crippen molar-refractivity contribution in [1.29, 1.82) is 0 Å². The van der Waals surface area contributed by atoms with Crippen molar-refractivity contribution < 1.29 is 9.53 Å². The molecule has 2 heterocycles. The van der Waals surface area contributed by atoms with E-state index >= 15 is 0 Å². The third-order valence-electron chi connectivity index (χ3n) is 2.11. The highest BCUT2D eigenvalue weighted by Gasteiger charge is 2.13. The zero-order valence-corrected chi connectivity index (χ0v) is 11.6. The van der Waals surface area contributed by atoms with E-state index in [0.29, 0.717) is 22.1 Å². The number of nitrogens with zero attached hydrogens (tertiary/aromatic N) is 4. The first-order chi connectivity index (χ1) is 8.60. The molecule has 0 aliphatic heterocycles. The van der Waals surface area contributed by atoms with E-state index in [0.717, 1.165) is 0 Å². The van der Waals surface area contributed by atoms with Crippen LogP contribution in [0.5, 0.6) is 0 Å². The highest BCUT2D eigenvalue weighted by molar-refractivity contribution is 9.10. The maximum Gasteiger partial charge on any atom is 0.358 e. The van der Waals surface area contributed by atoms with Gasteiger partial charge < -0.3 is 9.30 Å². The SMILES string of the molecule is COC(=O)c1cn(Cc2ncc(Cl)cn2)c(Br)n1. The predicted octanol–water partition coefficient (Wildman–Crippen LogP) is 1.92. The number of carbonyl (C=O) groups is 1. The molecule has 0 fully saturated rings. The number of esters is 1. The van der Waals surface area contributed by atoms with Gasteiger partial charge in [0, 0.05) is 18.6 Å². The van der Waals surface area contributed by atoms with Crippen molar-refractivity contribution in [2.24, 2.45) is 0 Å². The van der Waals surface area contributed by atoms with E-state index in [2.05, 4.69) is 35.6 Å². The summed E-state index contributed by atoms with van der Waals surface area (Å²) in [6.45, 7) is 0.377. The number of ether oxygens (including phenoxy) is 1. The smallest absolute Gasteiger partial charge is 0.358 e. The molecular formula is C10H8BrClN4O2. The standard InChI is InChI=1S/C10H8BrClN4O2/c1-18-9(17)7-4-16(10(11)15-7)5-8-13-2-6(12)3-14-8/h2-4H,5H2,1H3. The highest BCUT2D eigenvalue weighted by Crippen LogP contribution is 2.13. The van der Waals surface area contributed by atoms with Gasteiger partial charge in [0.05, 0.1) is 18.7 Å². The zero-order chi connectivity index (χ0) is 13.1. The van der Waals surface area contributed by atoms with Crippen molar-refractivity contribution in [3.63, 3.8) is 0 Å². The third kappa shape index (κ3) is 2.85. The molecule has 0 N–H and O–H groups in total. The molecule has 0 spiro atoms. The lowest BCUT2D eigenvalue weighted by Crippen LogP contribution is -2.04. The van der Waals surface area contributed by atoms with Gasteiger partial charge in [0.15, 0.2) is 10.4 Å². The number of methoxy groups -OCH3 is 1. The van der Waals surface area contributed by atoms with Crippen molar-refractivity contribution in [2.45, 2.75) is 6.54 Å². The van der Waals surface area contributed by atoms with E-state index < -0.39 is 5.97 Å². The van der Waals surface area contributed by atoms with E-state index in [-0.39, 0.29) is 5.69 Å². The minimum atomic E-state index is -0.494. The number of carbonyl (C=O) groups excluding carboxylic acids is 1. The topological polar surface area (TPSA) is 69.9 Å². The van der Waals surface area contributed by atoms with Gasteiger partial charge in [-0.15, -0.1) is 0 Å². The van der Waals surface area contributed by atoms with Crippen LogP contribution in [0.3, 0.4) is 0 Å². The molecule has 2 aromatic rings. The molecule has 0 amide bonds. The second-order valence-electron chi connectivity index (χ2n) is 3.33. The normalized spacial score (nSPS) is 10.4. The van der Waals surface area contributed by atoms with Gasteiger partial charge in [0.2, 0.25) is 0 Å². The fraction of sp³-hybridized carbons (Fsp3) is 0.200. The van der Waals surface area contributed by atoms with Crippen LogP contribution in [0, 0.1) is 0 Å². The number of aromatic nitrogens is 4. The number of rotatable bonds is 3. The zero-order valence-electron chi connectivity index (χ0n) is 9.30. The number of imidazole rings is 1. The minimum absolute atomic E-state index is 0.221. The van der Waals surface area contributed by atoms with Gasteiger partial charge in [0.1, 0.15) is 5.82 Å². The molecule has 2 aromatic heterocycles. The Bertz CT molecular complexity index is 570. The Morgan fingerprint density at radius 3 is 2.78 bits per heavy atom. The predicted molar refractivity (Wildman–Crippen MR) is 67.4 cm³/mol. The lowest BCUT2D eigenvalue weighted by molar-refractivity contribution is 0.0594. The molecule has 0 aromatic carbocycles. The van der Waals surface area contributed by atoms with E-state index in [4.69, 9.17) is 11.6 Å². The lowest BCUT2D eigenvalue weighted by atomic mass is 10.5. The average molecular weight is 332 g/mol. The van der Waals surface area contributed by atoms with Gasteiger partial charge in [-0.25, -0.2) is 19.7 Å². The first kappa shape index (κ1) is 13.0. The largest absolute Gasteiger partial charge is 0.464 e. The molecule has 18 heavy (non-hydrogen) atoms. The van der Waals surface area contributed by atoms with Gasteiger partial charge in [-0.05, 0) is 15.9 Å². The van der Waals surface area contributed by atoms with Crippen LogP contribution in [0.1, 0.15) is 16.3 Å². The van der Waals surface area contributed by atoms with Gasteiger partial charge in [-0.3, -0.25) is 0 Å². The maximum absolute atomic E-state index is 11.3. The van der Waals surface area contributed by atoms with Crippen LogP contribution in [0.25, 0.3) is 0 Å². The highest BCUT2D eigenvalue weighted by atomic mass is 79.9. The molecule has 0 saturated carbocycles. The summed E-state index contributed by atoms with van der Waals surface area (Å²) < 4.78 is 6.78. The molecule has 0 aliphatic rings. The second kappa shape index (κ2) is 5.45. The molecule has 0 bridgehead atoms. The average Bonchev–Trinajstić information content (AvgIpc) is 2.73. The van der Waals surface area contributed by atoms with E-state index in [1.54, 1.807) is 10.8 Å². The number of hydrogen-bond acceptors (Lipinski definition) is 5. The fourth-order valence-corrected chi connectivity index (χ4v) is 1.80. The Morgan fingerprint density at radius 1 is 1.50 bits per heavy atom. The molecule has 0 radical (unpaired) electrons. The third-order valence-corrected chi connectivity index (χ3v) is 2.94. The second-order valence-corrected chi connectivity index (χ2v) is 4.48. The summed E-state index contributed by atoms with van der Waals surface area (Å²) in [6.07, 6.45) is 4.58. The van der Waals surface area contributed by atoms with Gasteiger partial charge >= 0.3 is 5.97 Å². The molecule has 0 atom stereocenters. The van der Waals surface area contributed by atoms with E-state index in [9.17, 15) is 4.79 Å². The Kier molecular flexibility index (Phi) is 3.93. The van der Waals surface area contributed by atoms with Crippen LogP contribution >= 0.6 is 27.5 Å². The van der Waals surface area contributed by atoms with Crippen LogP contribution in [0.15, 0.2) is 23.3 Å². The van der Waals surface area contributed by atoms with Crippen LogP contribution in [-0.2, 0) is 11.3 Å². The molecule has 94 valence electrons.